The van der Waals surface area contributed by atoms with E-state index in [4.69, 9.17) is 9.72 Å². The van der Waals surface area contributed by atoms with E-state index in [0.29, 0.717) is 60.6 Å². The predicted molar refractivity (Wildman–Crippen MR) is 141 cm³/mol. The monoisotopic (exact) mass is 493 g/mol. The Morgan fingerprint density at radius 2 is 1.72 bits per heavy atom. The van der Waals surface area contributed by atoms with E-state index >= 15 is 0 Å². The number of anilines is 1. The Morgan fingerprint density at radius 3 is 2.33 bits per heavy atom. The molecule has 1 unspecified atom stereocenters. The molecule has 0 aliphatic rings. The van der Waals surface area contributed by atoms with Gasteiger partial charge in [0, 0.05) is 25.3 Å². The lowest BCUT2D eigenvalue weighted by Gasteiger charge is -2.33. The molecule has 0 fully saturated rings. The van der Waals surface area contributed by atoms with Crippen molar-refractivity contribution >= 4 is 28.6 Å². The number of nitrogens with zero attached hydrogens (tertiary/aromatic N) is 4. The van der Waals surface area contributed by atoms with Crippen molar-refractivity contribution in [2.24, 2.45) is 0 Å². The quantitative estimate of drug-likeness (QED) is 0.427. The number of carbonyl (C=O) groups excluding carboxylic acids is 2. The number of amides is 2. The third-order valence-electron chi connectivity index (χ3n) is 5.96. The summed E-state index contributed by atoms with van der Waals surface area (Å²) in [5.74, 6) is 0.157. The van der Waals surface area contributed by atoms with Gasteiger partial charge in [0.25, 0.3) is 5.56 Å². The van der Waals surface area contributed by atoms with Crippen molar-refractivity contribution in [3.63, 3.8) is 0 Å². The molecule has 192 valence electrons. The summed E-state index contributed by atoms with van der Waals surface area (Å²) in [6.07, 6.45) is 0.577. The van der Waals surface area contributed by atoms with Crippen molar-refractivity contribution in [1.29, 1.82) is 0 Å². The molecule has 36 heavy (non-hydrogen) atoms. The molecule has 0 bridgehead atoms. The number of likely N-dealkylation sites (N-methyl/N-ethyl adjacent to an activating group) is 1. The molecule has 2 amide bonds. The van der Waals surface area contributed by atoms with E-state index in [9.17, 15) is 14.4 Å². The van der Waals surface area contributed by atoms with Crippen molar-refractivity contribution in [2.75, 3.05) is 39.1 Å². The second kappa shape index (κ2) is 12.3. The minimum atomic E-state index is -0.416. The first kappa shape index (κ1) is 26.9. The number of para-hydroxylation sites is 1. The third-order valence-corrected chi connectivity index (χ3v) is 5.96. The zero-order valence-corrected chi connectivity index (χ0v) is 21.7. The van der Waals surface area contributed by atoms with Crippen molar-refractivity contribution in [1.82, 2.24) is 19.4 Å². The van der Waals surface area contributed by atoms with Crippen LogP contribution in [-0.2, 0) is 11.3 Å². The molecule has 0 spiro atoms. The second-order valence-electron chi connectivity index (χ2n) is 8.69. The topological polar surface area (TPSA) is 96.8 Å². The molecule has 0 radical (unpaired) electrons. The normalized spacial score (nSPS) is 11.9. The lowest BCUT2D eigenvalue weighted by atomic mass is 10.1. The molecule has 0 aliphatic heterocycles. The Labute approximate surface area is 211 Å². The van der Waals surface area contributed by atoms with Crippen LogP contribution >= 0.6 is 0 Å². The van der Waals surface area contributed by atoms with Crippen LogP contribution in [0.2, 0.25) is 0 Å². The maximum absolute atomic E-state index is 13.6. The van der Waals surface area contributed by atoms with Gasteiger partial charge in [-0.05, 0) is 70.8 Å². The minimum Gasteiger partial charge on any atom is -0.462 e. The molecule has 1 heterocycles. The number of urea groups is 1. The second-order valence-corrected chi connectivity index (χ2v) is 8.69. The molecule has 3 rings (SSSR count). The van der Waals surface area contributed by atoms with Gasteiger partial charge in [0.15, 0.2) is 0 Å². The fraction of sp³-hybridized carbons (Fsp3) is 0.407. The summed E-state index contributed by atoms with van der Waals surface area (Å²) in [5.41, 5.74) is 1.47. The van der Waals surface area contributed by atoms with E-state index in [2.05, 4.69) is 5.32 Å². The first-order chi connectivity index (χ1) is 17.3. The molecule has 1 N–H and O–H groups in total. The van der Waals surface area contributed by atoms with E-state index < -0.39 is 12.0 Å². The number of carbonyl (C=O) groups is 2. The molecule has 0 saturated carbocycles. The van der Waals surface area contributed by atoms with Crippen LogP contribution in [-0.4, -0.2) is 65.1 Å². The van der Waals surface area contributed by atoms with Gasteiger partial charge in [-0.2, -0.15) is 0 Å². The maximum Gasteiger partial charge on any atom is 0.338 e. The Bertz CT molecular complexity index is 1250. The number of benzene rings is 2. The average Bonchev–Trinajstić information content (AvgIpc) is 2.87. The molecular weight excluding hydrogens is 458 g/mol. The van der Waals surface area contributed by atoms with Crippen LogP contribution in [0.4, 0.5) is 10.5 Å². The van der Waals surface area contributed by atoms with Gasteiger partial charge in [0.05, 0.1) is 29.1 Å². The Kier molecular flexibility index (Phi) is 9.19. The Hall–Kier alpha value is -3.72. The summed E-state index contributed by atoms with van der Waals surface area (Å²) in [5, 5.41) is 3.50. The molecular formula is C27H35N5O4. The molecule has 0 saturated heterocycles. The fourth-order valence-electron chi connectivity index (χ4n) is 4.09. The third kappa shape index (κ3) is 6.09. The highest BCUT2D eigenvalue weighted by atomic mass is 16.5. The number of rotatable bonds is 10. The SMILES string of the molecule is CCOC(=O)c1ccc(NC(=O)N(CCN(C)C)C(CC)c2nc3ccccc3c(=O)n2CC)cc1. The molecule has 3 aromatic rings. The van der Waals surface area contributed by atoms with Crippen LogP contribution in [0, 0.1) is 0 Å². The van der Waals surface area contributed by atoms with Crippen molar-refractivity contribution < 1.29 is 14.3 Å². The zero-order chi connectivity index (χ0) is 26.2. The van der Waals surface area contributed by atoms with Crippen LogP contribution in [0.15, 0.2) is 53.3 Å². The van der Waals surface area contributed by atoms with E-state index in [0.717, 1.165) is 0 Å². The molecule has 1 aromatic heterocycles. The number of fused-ring (bicyclic) bond motifs is 1. The zero-order valence-electron chi connectivity index (χ0n) is 21.7. The van der Waals surface area contributed by atoms with Gasteiger partial charge in [-0.25, -0.2) is 14.6 Å². The largest absolute Gasteiger partial charge is 0.462 e. The first-order valence-corrected chi connectivity index (χ1v) is 12.3. The van der Waals surface area contributed by atoms with Gasteiger partial charge < -0.3 is 19.9 Å². The standard InChI is InChI=1S/C27H35N5O4/c1-6-23(24-29-22-12-10-9-11-21(22)25(33)31(24)7-2)32(18-17-30(4)5)27(35)28-20-15-13-19(14-16-20)26(34)36-8-3/h9-16,23H,6-8,17-18H2,1-5H3,(H,28,35). The van der Waals surface area contributed by atoms with E-state index in [-0.39, 0.29) is 11.6 Å². The maximum atomic E-state index is 13.6. The predicted octanol–water partition coefficient (Wildman–Crippen LogP) is 4.14. The number of nitrogens with one attached hydrogen (secondary N) is 1. The molecule has 1 atom stereocenters. The minimum absolute atomic E-state index is 0.112. The van der Waals surface area contributed by atoms with Crippen LogP contribution < -0.4 is 10.9 Å². The molecule has 2 aromatic carbocycles. The van der Waals surface area contributed by atoms with Gasteiger partial charge >= 0.3 is 12.0 Å². The highest BCUT2D eigenvalue weighted by Crippen LogP contribution is 2.25. The highest BCUT2D eigenvalue weighted by Gasteiger charge is 2.28. The fourth-order valence-corrected chi connectivity index (χ4v) is 4.09. The summed E-state index contributed by atoms with van der Waals surface area (Å²) < 4.78 is 6.68. The molecule has 0 aliphatic carbocycles. The average molecular weight is 494 g/mol. The number of hydrogen-bond donors (Lipinski definition) is 1. The van der Waals surface area contributed by atoms with Crippen molar-refractivity contribution in [3.05, 3.63) is 70.3 Å². The smallest absolute Gasteiger partial charge is 0.338 e. The number of ether oxygens (including phenoxy) is 1. The van der Waals surface area contributed by atoms with Gasteiger partial charge in [0.2, 0.25) is 0 Å². The van der Waals surface area contributed by atoms with Gasteiger partial charge in [-0.15, -0.1) is 0 Å². The summed E-state index contributed by atoms with van der Waals surface area (Å²) in [6, 6.07) is 13.1. The van der Waals surface area contributed by atoms with Crippen molar-refractivity contribution in [2.45, 2.75) is 39.8 Å². The van der Waals surface area contributed by atoms with E-state index in [1.165, 1.54) is 0 Å². The lowest BCUT2D eigenvalue weighted by molar-refractivity contribution is 0.0526. The summed E-state index contributed by atoms with van der Waals surface area (Å²) in [6.45, 7) is 7.45. The van der Waals surface area contributed by atoms with Gasteiger partial charge in [-0.1, -0.05) is 19.1 Å². The summed E-state index contributed by atoms with van der Waals surface area (Å²) in [7, 11) is 3.89. The number of aromatic nitrogens is 2. The van der Waals surface area contributed by atoms with Gasteiger partial charge in [-0.3, -0.25) is 9.36 Å². The van der Waals surface area contributed by atoms with Gasteiger partial charge in [0.1, 0.15) is 5.82 Å². The molecule has 9 heteroatoms. The van der Waals surface area contributed by atoms with Crippen LogP contribution in [0.3, 0.4) is 0 Å². The first-order valence-electron chi connectivity index (χ1n) is 12.3. The lowest BCUT2D eigenvalue weighted by Crippen LogP contribution is -2.44. The summed E-state index contributed by atoms with van der Waals surface area (Å²) >= 11 is 0. The molecule has 9 nitrogen and oxygen atoms in total. The van der Waals surface area contributed by atoms with Crippen molar-refractivity contribution in [3.8, 4) is 0 Å². The Balaban J connectivity index is 1.97. The van der Waals surface area contributed by atoms with Crippen LogP contribution in [0.25, 0.3) is 10.9 Å². The summed E-state index contributed by atoms with van der Waals surface area (Å²) in [4.78, 5) is 47.3. The van der Waals surface area contributed by atoms with Crippen LogP contribution in [0.1, 0.15) is 49.4 Å². The van der Waals surface area contributed by atoms with E-state index in [1.54, 1.807) is 46.7 Å². The number of esters is 1. The van der Waals surface area contributed by atoms with E-state index in [1.807, 2.05) is 51.0 Å². The van der Waals surface area contributed by atoms with Crippen LogP contribution in [0.5, 0.6) is 0 Å². The number of hydrogen-bond acceptors (Lipinski definition) is 6. The highest BCUT2D eigenvalue weighted by molar-refractivity contribution is 5.92. The Morgan fingerprint density at radius 1 is 1.03 bits per heavy atom.